The van der Waals surface area contributed by atoms with E-state index in [2.05, 4.69) is 40.2 Å². The Bertz CT molecular complexity index is 1010. The molecule has 32 heavy (non-hydrogen) atoms. The van der Waals surface area contributed by atoms with Gasteiger partial charge < -0.3 is 19.5 Å². The molecule has 1 unspecified atom stereocenters. The summed E-state index contributed by atoms with van der Waals surface area (Å²) in [6.45, 7) is 7.52. The predicted molar refractivity (Wildman–Crippen MR) is 121 cm³/mol. The number of benzene rings is 2. The van der Waals surface area contributed by atoms with E-state index in [-0.39, 0.29) is 18.7 Å². The number of carbonyl (C=O) groups excluding carboxylic acids is 1. The lowest BCUT2D eigenvalue weighted by molar-refractivity contribution is -0.129. The standard InChI is InChI=1S/C24H28ClN3O4/c1-2-20-24(29)26-5-6-28(20)12-16-3-4-21-18(9-16)14-27(7-8-30-21)13-17-10-22-23(11-19(17)25)32-15-31-22/h3-4,9-11,20H,2,5-8,12-15H2,1H3,(H,26,29). The largest absolute Gasteiger partial charge is 0.492 e. The Labute approximate surface area is 193 Å². The van der Waals surface area contributed by atoms with E-state index >= 15 is 0 Å². The van der Waals surface area contributed by atoms with Crippen molar-refractivity contribution in [2.24, 2.45) is 0 Å². The third-order valence-corrected chi connectivity index (χ3v) is 6.69. The van der Waals surface area contributed by atoms with Gasteiger partial charge >= 0.3 is 0 Å². The molecule has 2 aromatic rings. The van der Waals surface area contributed by atoms with Gasteiger partial charge in [-0.2, -0.15) is 0 Å². The maximum atomic E-state index is 12.2. The highest BCUT2D eigenvalue weighted by Crippen LogP contribution is 2.37. The zero-order valence-electron chi connectivity index (χ0n) is 18.2. The zero-order valence-corrected chi connectivity index (χ0v) is 19.0. The minimum absolute atomic E-state index is 0.0662. The number of nitrogens with one attached hydrogen (secondary N) is 1. The molecule has 0 spiro atoms. The summed E-state index contributed by atoms with van der Waals surface area (Å²) in [4.78, 5) is 16.8. The summed E-state index contributed by atoms with van der Waals surface area (Å²) in [5.41, 5.74) is 3.37. The van der Waals surface area contributed by atoms with Crippen molar-refractivity contribution >= 4 is 17.5 Å². The Balaban J connectivity index is 1.32. The van der Waals surface area contributed by atoms with Gasteiger partial charge in [0.25, 0.3) is 0 Å². The van der Waals surface area contributed by atoms with Gasteiger partial charge in [-0.3, -0.25) is 14.6 Å². The molecule has 1 saturated heterocycles. The van der Waals surface area contributed by atoms with Crippen LogP contribution < -0.4 is 19.5 Å². The number of rotatable bonds is 5. The fourth-order valence-electron chi connectivity index (χ4n) is 4.69. The molecular weight excluding hydrogens is 430 g/mol. The first kappa shape index (κ1) is 21.4. The number of halogens is 1. The Hall–Kier alpha value is -2.48. The minimum atomic E-state index is -0.0662. The number of carbonyl (C=O) groups is 1. The van der Waals surface area contributed by atoms with Crippen LogP contribution in [0.4, 0.5) is 0 Å². The number of fused-ring (bicyclic) bond motifs is 2. The van der Waals surface area contributed by atoms with Crippen LogP contribution in [0.2, 0.25) is 5.02 Å². The lowest BCUT2D eigenvalue weighted by Crippen LogP contribution is -2.54. The summed E-state index contributed by atoms with van der Waals surface area (Å²) in [5, 5.41) is 3.65. The van der Waals surface area contributed by atoms with Crippen molar-refractivity contribution in [2.75, 3.05) is 33.0 Å². The summed E-state index contributed by atoms with van der Waals surface area (Å²) in [6.07, 6.45) is 0.809. The van der Waals surface area contributed by atoms with Gasteiger partial charge in [0.05, 0.1) is 6.04 Å². The van der Waals surface area contributed by atoms with Crippen molar-refractivity contribution in [3.8, 4) is 17.2 Å². The first-order chi connectivity index (χ1) is 15.6. The summed E-state index contributed by atoms with van der Waals surface area (Å²) in [7, 11) is 0. The van der Waals surface area contributed by atoms with E-state index in [4.69, 9.17) is 25.8 Å². The van der Waals surface area contributed by atoms with Gasteiger partial charge in [-0.1, -0.05) is 24.6 Å². The summed E-state index contributed by atoms with van der Waals surface area (Å²) in [5.74, 6) is 2.50. The molecule has 2 aromatic carbocycles. The molecule has 7 nitrogen and oxygen atoms in total. The van der Waals surface area contributed by atoms with Crippen molar-refractivity contribution in [2.45, 2.75) is 39.0 Å². The highest BCUT2D eigenvalue weighted by molar-refractivity contribution is 6.31. The van der Waals surface area contributed by atoms with Crippen LogP contribution in [-0.4, -0.2) is 54.8 Å². The number of hydrogen-bond donors (Lipinski definition) is 1. The SMILES string of the molecule is CCC1C(=O)NCCN1Cc1ccc2c(c1)CN(Cc1cc3c(cc1Cl)OCO3)CCO2. The Morgan fingerprint density at radius 2 is 1.91 bits per heavy atom. The van der Waals surface area contributed by atoms with Crippen molar-refractivity contribution in [3.05, 3.63) is 52.0 Å². The van der Waals surface area contributed by atoms with Gasteiger partial charge in [-0.05, 0) is 35.7 Å². The topological polar surface area (TPSA) is 63.3 Å². The van der Waals surface area contributed by atoms with Crippen LogP contribution in [0.1, 0.15) is 30.0 Å². The third kappa shape index (κ3) is 4.37. The van der Waals surface area contributed by atoms with E-state index < -0.39 is 0 Å². The van der Waals surface area contributed by atoms with Crippen LogP contribution in [-0.2, 0) is 24.4 Å². The minimum Gasteiger partial charge on any atom is -0.492 e. The van der Waals surface area contributed by atoms with Crippen molar-refractivity contribution < 1.29 is 19.0 Å². The molecule has 5 rings (SSSR count). The average Bonchev–Trinajstić information content (AvgIpc) is 3.12. The van der Waals surface area contributed by atoms with Crippen LogP contribution in [0.5, 0.6) is 17.2 Å². The van der Waals surface area contributed by atoms with Gasteiger partial charge in [0.15, 0.2) is 11.5 Å². The van der Waals surface area contributed by atoms with Crippen LogP contribution in [0.15, 0.2) is 30.3 Å². The van der Waals surface area contributed by atoms with Gasteiger partial charge in [0.1, 0.15) is 12.4 Å². The molecule has 1 N–H and O–H groups in total. The van der Waals surface area contributed by atoms with E-state index in [9.17, 15) is 4.79 Å². The molecule has 1 amide bonds. The summed E-state index contributed by atoms with van der Waals surface area (Å²) >= 11 is 6.51. The van der Waals surface area contributed by atoms with E-state index in [1.54, 1.807) is 0 Å². The van der Waals surface area contributed by atoms with Gasteiger partial charge in [-0.15, -0.1) is 0 Å². The number of ether oxygens (including phenoxy) is 3. The Kier molecular flexibility index (Phi) is 6.13. The first-order valence-corrected chi connectivity index (χ1v) is 11.5. The molecule has 3 aliphatic rings. The van der Waals surface area contributed by atoms with Crippen molar-refractivity contribution in [3.63, 3.8) is 0 Å². The lowest BCUT2D eigenvalue weighted by atomic mass is 10.1. The van der Waals surface area contributed by atoms with Crippen LogP contribution >= 0.6 is 11.6 Å². The molecule has 3 aliphatic heterocycles. The quantitative estimate of drug-likeness (QED) is 0.744. The first-order valence-electron chi connectivity index (χ1n) is 11.2. The Morgan fingerprint density at radius 3 is 2.75 bits per heavy atom. The van der Waals surface area contributed by atoms with Gasteiger partial charge in [0.2, 0.25) is 12.7 Å². The Morgan fingerprint density at radius 1 is 1.06 bits per heavy atom. The fraction of sp³-hybridized carbons (Fsp3) is 0.458. The van der Waals surface area contributed by atoms with E-state index in [0.717, 1.165) is 55.2 Å². The lowest BCUT2D eigenvalue weighted by Gasteiger charge is -2.34. The number of nitrogens with zero attached hydrogens (tertiary/aromatic N) is 2. The normalized spacial score (nSPS) is 20.9. The third-order valence-electron chi connectivity index (χ3n) is 6.33. The van der Waals surface area contributed by atoms with Gasteiger partial charge in [0, 0.05) is 55.9 Å². The van der Waals surface area contributed by atoms with Crippen molar-refractivity contribution in [1.29, 1.82) is 0 Å². The highest BCUT2D eigenvalue weighted by atomic mass is 35.5. The second kappa shape index (κ2) is 9.17. The highest BCUT2D eigenvalue weighted by Gasteiger charge is 2.28. The molecule has 0 saturated carbocycles. The van der Waals surface area contributed by atoms with Crippen LogP contribution in [0, 0.1) is 0 Å². The molecule has 0 aliphatic carbocycles. The van der Waals surface area contributed by atoms with E-state index in [1.165, 1.54) is 5.56 Å². The molecule has 0 aromatic heterocycles. The molecule has 1 fully saturated rings. The molecule has 8 heteroatoms. The van der Waals surface area contributed by atoms with E-state index in [0.29, 0.717) is 30.5 Å². The van der Waals surface area contributed by atoms with Crippen molar-refractivity contribution in [1.82, 2.24) is 15.1 Å². The molecule has 1 atom stereocenters. The smallest absolute Gasteiger partial charge is 0.237 e. The van der Waals surface area contributed by atoms with Crippen LogP contribution in [0.3, 0.4) is 0 Å². The zero-order chi connectivity index (χ0) is 22.1. The van der Waals surface area contributed by atoms with E-state index in [1.807, 2.05) is 12.1 Å². The average molecular weight is 458 g/mol. The second-order valence-electron chi connectivity index (χ2n) is 8.48. The summed E-state index contributed by atoms with van der Waals surface area (Å²) in [6, 6.07) is 10.1. The number of hydrogen-bond acceptors (Lipinski definition) is 6. The monoisotopic (exact) mass is 457 g/mol. The predicted octanol–water partition coefficient (Wildman–Crippen LogP) is 3.17. The molecule has 0 radical (unpaired) electrons. The molecule has 170 valence electrons. The second-order valence-corrected chi connectivity index (χ2v) is 8.89. The fourth-order valence-corrected chi connectivity index (χ4v) is 4.90. The maximum absolute atomic E-state index is 12.2. The molecular formula is C24H28ClN3O4. The molecule has 0 bridgehead atoms. The number of piperazine rings is 1. The van der Waals surface area contributed by atoms with Gasteiger partial charge in [-0.25, -0.2) is 0 Å². The number of amides is 1. The maximum Gasteiger partial charge on any atom is 0.237 e. The van der Waals surface area contributed by atoms with Crippen LogP contribution in [0.25, 0.3) is 0 Å². The summed E-state index contributed by atoms with van der Waals surface area (Å²) < 4.78 is 17.0. The molecule has 3 heterocycles.